The highest BCUT2D eigenvalue weighted by Gasteiger charge is 2.29. The summed E-state index contributed by atoms with van der Waals surface area (Å²) in [6, 6.07) is 0. The zero-order chi connectivity index (χ0) is 13.3. The lowest BCUT2D eigenvalue weighted by Gasteiger charge is -2.32. The number of ether oxygens (including phenoxy) is 1. The van der Waals surface area contributed by atoms with Crippen molar-refractivity contribution in [1.82, 2.24) is 5.32 Å². The summed E-state index contributed by atoms with van der Waals surface area (Å²) in [5.74, 6) is 0. The molecule has 4 heteroatoms. The van der Waals surface area contributed by atoms with Crippen LogP contribution < -0.4 is 11.1 Å². The Morgan fingerprint density at radius 2 is 2.06 bits per heavy atom. The molecule has 1 unspecified atom stereocenters. The maximum absolute atomic E-state index is 11.7. The summed E-state index contributed by atoms with van der Waals surface area (Å²) in [5, 5.41) is 2.70. The van der Waals surface area contributed by atoms with Gasteiger partial charge in [-0.1, -0.05) is 17.2 Å². The second-order valence-electron chi connectivity index (χ2n) is 5.64. The van der Waals surface area contributed by atoms with Gasteiger partial charge in [0.25, 0.3) is 0 Å². The Morgan fingerprint density at radius 1 is 1.47 bits per heavy atom. The molecule has 0 saturated carbocycles. The van der Waals surface area contributed by atoms with Gasteiger partial charge in [0.1, 0.15) is 11.3 Å². The van der Waals surface area contributed by atoms with Crippen LogP contribution in [0, 0.1) is 0 Å². The summed E-state index contributed by atoms with van der Waals surface area (Å²) in [7, 11) is 0. The Morgan fingerprint density at radius 3 is 2.53 bits per heavy atom. The van der Waals surface area contributed by atoms with Crippen molar-refractivity contribution in [2.24, 2.45) is 5.73 Å². The van der Waals surface area contributed by atoms with Crippen molar-refractivity contribution < 1.29 is 9.53 Å². The Kier molecular flexibility index (Phi) is 3.67. The average Bonchev–Trinajstić information content (AvgIpc) is 2.08. The normalized spacial score (nSPS) is 24.8. The standard InChI is InChI=1S/C13H22N2O2/c1-9-6-7-13(14,8-10(9)2)15-11(16)17-12(3,4)5/h6-7H,8,14H2,1-5H3,(H,15,16). The van der Waals surface area contributed by atoms with E-state index in [1.165, 1.54) is 11.1 Å². The van der Waals surface area contributed by atoms with E-state index in [1.54, 1.807) is 6.08 Å². The lowest BCUT2D eigenvalue weighted by atomic mass is 9.92. The number of hydrogen-bond donors (Lipinski definition) is 2. The Hall–Kier alpha value is -1.29. The molecule has 1 amide bonds. The second kappa shape index (κ2) is 4.53. The number of nitrogens with two attached hydrogens (primary N) is 1. The first kappa shape index (κ1) is 13.8. The molecular formula is C13H22N2O2. The van der Waals surface area contributed by atoms with Crippen molar-refractivity contribution in [2.75, 3.05) is 0 Å². The number of allylic oxidation sites excluding steroid dienone is 2. The lowest BCUT2D eigenvalue weighted by Crippen LogP contribution is -2.56. The summed E-state index contributed by atoms with van der Waals surface area (Å²) in [6.45, 7) is 9.50. The molecular weight excluding hydrogens is 216 g/mol. The van der Waals surface area contributed by atoms with Crippen molar-refractivity contribution in [2.45, 2.75) is 52.3 Å². The van der Waals surface area contributed by atoms with E-state index in [1.807, 2.05) is 40.7 Å². The third-order valence-corrected chi connectivity index (χ3v) is 2.60. The molecule has 0 heterocycles. The van der Waals surface area contributed by atoms with Crippen LogP contribution >= 0.6 is 0 Å². The zero-order valence-electron chi connectivity index (χ0n) is 11.3. The van der Waals surface area contributed by atoms with Crippen LogP contribution in [0.3, 0.4) is 0 Å². The van der Waals surface area contributed by atoms with Gasteiger partial charge >= 0.3 is 6.09 Å². The monoisotopic (exact) mass is 238 g/mol. The minimum absolute atomic E-state index is 0.489. The van der Waals surface area contributed by atoms with Crippen molar-refractivity contribution in [3.8, 4) is 0 Å². The molecule has 3 N–H and O–H groups in total. The molecule has 0 aromatic heterocycles. The van der Waals surface area contributed by atoms with E-state index in [9.17, 15) is 4.79 Å². The van der Waals surface area contributed by atoms with Gasteiger partial charge in [0, 0.05) is 6.42 Å². The van der Waals surface area contributed by atoms with Gasteiger partial charge in [-0.3, -0.25) is 5.32 Å². The van der Waals surface area contributed by atoms with Crippen LogP contribution in [0.1, 0.15) is 41.0 Å². The van der Waals surface area contributed by atoms with Gasteiger partial charge in [0.05, 0.1) is 0 Å². The van der Waals surface area contributed by atoms with Crippen LogP contribution in [0.2, 0.25) is 0 Å². The molecule has 1 atom stereocenters. The third kappa shape index (κ3) is 4.23. The molecule has 0 radical (unpaired) electrons. The van der Waals surface area contributed by atoms with Gasteiger partial charge in [0.2, 0.25) is 0 Å². The molecule has 0 saturated heterocycles. The maximum atomic E-state index is 11.7. The van der Waals surface area contributed by atoms with Crippen LogP contribution in [0.5, 0.6) is 0 Å². The summed E-state index contributed by atoms with van der Waals surface area (Å²) >= 11 is 0. The topological polar surface area (TPSA) is 64.3 Å². The Bertz CT molecular complexity index is 377. The summed E-state index contributed by atoms with van der Waals surface area (Å²) in [6.07, 6.45) is 3.85. The first-order valence-electron chi connectivity index (χ1n) is 5.77. The second-order valence-corrected chi connectivity index (χ2v) is 5.64. The van der Waals surface area contributed by atoms with Crippen molar-refractivity contribution >= 4 is 6.09 Å². The number of amides is 1. The molecule has 4 nitrogen and oxygen atoms in total. The van der Waals surface area contributed by atoms with E-state index in [4.69, 9.17) is 10.5 Å². The van der Waals surface area contributed by atoms with E-state index in [-0.39, 0.29) is 0 Å². The van der Waals surface area contributed by atoms with Crippen LogP contribution in [-0.2, 0) is 4.74 Å². The molecule has 0 bridgehead atoms. The maximum Gasteiger partial charge on any atom is 0.409 e. The fourth-order valence-electron chi connectivity index (χ4n) is 1.63. The lowest BCUT2D eigenvalue weighted by molar-refractivity contribution is 0.0479. The fourth-order valence-corrected chi connectivity index (χ4v) is 1.63. The average molecular weight is 238 g/mol. The number of carbonyl (C=O) groups excluding carboxylic acids is 1. The van der Waals surface area contributed by atoms with Gasteiger partial charge in [-0.2, -0.15) is 0 Å². The summed E-state index contributed by atoms with van der Waals surface area (Å²) in [4.78, 5) is 11.7. The molecule has 0 fully saturated rings. The zero-order valence-corrected chi connectivity index (χ0v) is 11.3. The van der Waals surface area contributed by atoms with Gasteiger partial charge in [-0.25, -0.2) is 4.79 Å². The predicted molar refractivity (Wildman–Crippen MR) is 68.4 cm³/mol. The molecule has 1 aliphatic carbocycles. The molecule has 1 rings (SSSR count). The number of rotatable bonds is 1. The molecule has 1 aliphatic rings. The summed E-state index contributed by atoms with van der Waals surface area (Å²) in [5.41, 5.74) is 7.11. The highest BCUT2D eigenvalue weighted by molar-refractivity contribution is 5.69. The van der Waals surface area contributed by atoms with Crippen LogP contribution in [0.4, 0.5) is 4.79 Å². The first-order valence-corrected chi connectivity index (χ1v) is 5.77. The van der Waals surface area contributed by atoms with Crippen molar-refractivity contribution in [1.29, 1.82) is 0 Å². The van der Waals surface area contributed by atoms with E-state index in [2.05, 4.69) is 5.32 Å². The van der Waals surface area contributed by atoms with E-state index >= 15 is 0 Å². The molecule has 0 aliphatic heterocycles. The largest absolute Gasteiger partial charge is 0.444 e. The number of alkyl carbamates (subject to hydrolysis) is 1. The SMILES string of the molecule is CC1=C(C)CC(N)(NC(=O)OC(C)(C)C)C=C1. The third-order valence-electron chi connectivity index (χ3n) is 2.60. The van der Waals surface area contributed by atoms with Crippen LogP contribution in [-0.4, -0.2) is 17.4 Å². The molecule has 96 valence electrons. The fraction of sp³-hybridized carbons (Fsp3) is 0.615. The van der Waals surface area contributed by atoms with Crippen molar-refractivity contribution in [3.05, 3.63) is 23.3 Å². The number of nitrogens with one attached hydrogen (secondary N) is 1. The predicted octanol–water partition coefficient (Wildman–Crippen LogP) is 2.46. The number of carbonyl (C=O) groups is 1. The van der Waals surface area contributed by atoms with E-state index in [0.29, 0.717) is 6.42 Å². The molecule has 0 spiro atoms. The molecule has 17 heavy (non-hydrogen) atoms. The summed E-state index contributed by atoms with van der Waals surface area (Å²) < 4.78 is 5.19. The number of hydrogen-bond acceptors (Lipinski definition) is 3. The molecule has 0 aromatic carbocycles. The van der Waals surface area contributed by atoms with Gasteiger partial charge in [-0.05, 0) is 40.7 Å². The molecule has 0 aromatic rings. The highest BCUT2D eigenvalue weighted by atomic mass is 16.6. The van der Waals surface area contributed by atoms with E-state index in [0.717, 1.165) is 0 Å². The van der Waals surface area contributed by atoms with Gasteiger partial charge in [0.15, 0.2) is 0 Å². The van der Waals surface area contributed by atoms with Crippen LogP contribution in [0.15, 0.2) is 23.3 Å². The van der Waals surface area contributed by atoms with Gasteiger partial charge < -0.3 is 10.5 Å². The highest BCUT2D eigenvalue weighted by Crippen LogP contribution is 2.23. The van der Waals surface area contributed by atoms with Gasteiger partial charge in [-0.15, -0.1) is 0 Å². The Labute approximate surface area is 103 Å². The minimum Gasteiger partial charge on any atom is -0.444 e. The Balaban J connectivity index is 2.65. The minimum atomic E-state index is -0.841. The first-order chi connectivity index (χ1) is 7.61. The van der Waals surface area contributed by atoms with E-state index < -0.39 is 17.4 Å². The van der Waals surface area contributed by atoms with Crippen molar-refractivity contribution in [3.63, 3.8) is 0 Å². The smallest absolute Gasteiger partial charge is 0.409 e. The quantitative estimate of drug-likeness (QED) is 0.690. The van der Waals surface area contributed by atoms with Crippen LogP contribution in [0.25, 0.3) is 0 Å².